The third kappa shape index (κ3) is 8.77. The van der Waals surface area contributed by atoms with Crippen molar-refractivity contribution in [3.63, 3.8) is 0 Å². The van der Waals surface area contributed by atoms with Crippen molar-refractivity contribution in [2.75, 3.05) is 25.0 Å². The van der Waals surface area contributed by atoms with Gasteiger partial charge in [-0.2, -0.15) is 0 Å². The van der Waals surface area contributed by atoms with Gasteiger partial charge < -0.3 is 34.6 Å². The van der Waals surface area contributed by atoms with Crippen molar-refractivity contribution in [3.05, 3.63) is 11.1 Å². The Kier molecular flexibility index (Phi) is 9.15. The molecular weight excluding hydrogens is 560 g/mol. The molecule has 2 aliphatic heterocycles. The van der Waals surface area contributed by atoms with Gasteiger partial charge in [0.2, 0.25) is 11.5 Å². The maximum Gasteiger partial charge on any atom is 0.413 e. The number of hydrogen-bond acceptors (Lipinski definition) is 12. The van der Waals surface area contributed by atoms with Gasteiger partial charge in [0.15, 0.2) is 10.8 Å². The lowest BCUT2D eigenvalue weighted by atomic mass is 9.98. The second-order valence-corrected chi connectivity index (χ2v) is 12.7. The van der Waals surface area contributed by atoms with E-state index in [1.165, 1.54) is 24.1 Å². The first-order chi connectivity index (χ1) is 18.8. The summed E-state index contributed by atoms with van der Waals surface area (Å²) in [5.41, 5.74) is -3.51. The van der Waals surface area contributed by atoms with Gasteiger partial charge in [-0.3, -0.25) is 14.9 Å². The summed E-state index contributed by atoms with van der Waals surface area (Å²) in [6, 6.07) is -1.56. The summed E-state index contributed by atoms with van der Waals surface area (Å²) >= 11 is 0.990. The van der Waals surface area contributed by atoms with Gasteiger partial charge in [-0.1, -0.05) is 5.16 Å². The van der Waals surface area contributed by atoms with E-state index < -0.39 is 58.9 Å². The summed E-state index contributed by atoms with van der Waals surface area (Å²) in [7, 11) is 0. The number of carbonyl (C=O) groups is 5. The molecule has 0 spiro atoms. The molecule has 3 rings (SSSR count). The minimum absolute atomic E-state index is 0.00190. The lowest BCUT2D eigenvalue weighted by molar-refractivity contribution is -0.179. The number of ether oxygens (including phenoxy) is 3. The summed E-state index contributed by atoms with van der Waals surface area (Å²) in [6.07, 6.45) is -1.26. The van der Waals surface area contributed by atoms with Crippen molar-refractivity contribution >= 4 is 52.2 Å². The monoisotopic (exact) mass is 596 g/mol. The normalized spacial score (nSPS) is 19.5. The van der Waals surface area contributed by atoms with Crippen LogP contribution in [0.15, 0.2) is 10.5 Å². The number of nitrogens with one attached hydrogen (secondary N) is 3. The molecule has 226 valence electrons. The molecule has 15 nitrogen and oxygen atoms in total. The van der Waals surface area contributed by atoms with Gasteiger partial charge in [-0.25, -0.2) is 19.4 Å². The average Bonchev–Trinajstić information content (AvgIpc) is 3.43. The van der Waals surface area contributed by atoms with Crippen LogP contribution >= 0.6 is 11.3 Å². The lowest BCUT2D eigenvalue weighted by Crippen LogP contribution is -2.72. The van der Waals surface area contributed by atoms with Crippen LogP contribution in [-0.2, 0) is 33.4 Å². The Labute approximate surface area is 241 Å². The van der Waals surface area contributed by atoms with E-state index in [-0.39, 0.29) is 29.7 Å². The van der Waals surface area contributed by atoms with Crippen LogP contribution in [0, 0.1) is 0 Å². The number of rotatable bonds is 9. The smallest absolute Gasteiger partial charge is 0.413 e. The topological polar surface area (TPSA) is 187 Å². The molecule has 16 heteroatoms. The molecule has 2 fully saturated rings. The summed E-state index contributed by atoms with van der Waals surface area (Å²) < 4.78 is 15.5. The van der Waals surface area contributed by atoms with Gasteiger partial charge in [0, 0.05) is 11.9 Å². The lowest BCUT2D eigenvalue weighted by Gasteiger charge is -2.38. The summed E-state index contributed by atoms with van der Waals surface area (Å²) in [4.78, 5) is 73.5. The van der Waals surface area contributed by atoms with Crippen LogP contribution in [0.4, 0.5) is 14.7 Å². The highest BCUT2D eigenvalue weighted by molar-refractivity contribution is 7.14. The number of thiazole rings is 1. The fraction of sp³-hybridized carbons (Fsp3) is 0.640. The molecule has 1 aromatic rings. The van der Waals surface area contributed by atoms with E-state index in [0.717, 1.165) is 11.3 Å². The second-order valence-electron chi connectivity index (χ2n) is 11.8. The average molecular weight is 597 g/mol. The molecule has 1 aromatic heterocycles. The van der Waals surface area contributed by atoms with Crippen LogP contribution in [0.3, 0.4) is 0 Å². The minimum Gasteiger partial charge on any atom is -0.457 e. The maximum absolute atomic E-state index is 13.4. The predicted octanol–water partition coefficient (Wildman–Crippen LogP) is 1.77. The number of amides is 4. The molecule has 41 heavy (non-hydrogen) atoms. The Morgan fingerprint density at radius 3 is 2.34 bits per heavy atom. The molecule has 0 radical (unpaired) electrons. The molecule has 2 saturated heterocycles. The van der Waals surface area contributed by atoms with E-state index in [4.69, 9.17) is 19.0 Å². The van der Waals surface area contributed by atoms with E-state index in [1.54, 1.807) is 41.5 Å². The van der Waals surface area contributed by atoms with E-state index in [0.29, 0.717) is 6.54 Å². The molecule has 0 bridgehead atoms. The minimum atomic E-state index is -1.60. The quantitative estimate of drug-likeness (QED) is 0.125. The fourth-order valence-corrected chi connectivity index (χ4v) is 4.11. The first-order valence-electron chi connectivity index (χ1n) is 12.8. The number of aromatic nitrogens is 1. The van der Waals surface area contributed by atoms with E-state index in [9.17, 15) is 24.0 Å². The molecule has 0 unspecified atom stereocenters. The summed E-state index contributed by atoms with van der Waals surface area (Å²) in [5.74, 6) is -2.03. The molecule has 2 atom stereocenters. The van der Waals surface area contributed by atoms with Crippen LogP contribution in [0.1, 0.15) is 61.1 Å². The number of carbonyl (C=O) groups excluding carboxylic acids is 5. The third-order valence-corrected chi connectivity index (χ3v) is 6.14. The molecule has 2 aliphatic rings. The Morgan fingerprint density at radius 2 is 1.78 bits per heavy atom. The Balaban J connectivity index is 1.82. The summed E-state index contributed by atoms with van der Waals surface area (Å²) in [6.45, 7) is 13.8. The number of nitrogens with zero attached hydrogens (tertiary/aromatic N) is 3. The van der Waals surface area contributed by atoms with E-state index in [1.807, 2.05) is 0 Å². The van der Waals surface area contributed by atoms with Crippen molar-refractivity contribution in [3.8, 4) is 0 Å². The molecule has 4 amide bonds. The number of esters is 1. The number of anilines is 1. The van der Waals surface area contributed by atoms with Crippen LogP contribution in [0.5, 0.6) is 0 Å². The highest BCUT2D eigenvalue weighted by atomic mass is 32.1. The molecule has 3 heterocycles. The highest BCUT2D eigenvalue weighted by Gasteiger charge is 2.44. The van der Waals surface area contributed by atoms with E-state index in [2.05, 4.69) is 26.1 Å². The Bertz CT molecular complexity index is 1230. The van der Waals surface area contributed by atoms with Crippen LogP contribution in [0.25, 0.3) is 0 Å². The largest absolute Gasteiger partial charge is 0.457 e. The number of β-lactam (4-membered cyclic amide) rings is 1. The first-order valence-corrected chi connectivity index (χ1v) is 13.7. The molecule has 0 aliphatic carbocycles. The maximum atomic E-state index is 13.4. The predicted molar refractivity (Wildman–Crippen MR) is 146 cm³/mol. The van der Waals surface area contributed by atoms with Gasteiger partial charge in [0.05, 0.1) is 12.6 Å². The highest BCUT2D eigenvalue weighted by Crippen LogP contribution is 2.21. The van der Waals surface area contributed by atoms with Gasteiger partial charge in [0.1, 0.15) is 29.5 Å². The van der Waals surface area contributed by atoms with Gasteiger partial charge >= 0.3 is 18.2 Å². The molecular formula is C25H36N6O9S. The standard InChI is InChI=1S/C25H36N6O9S/c1-23(2,3)38-19(34)25(7,8)40-30-16(14-12-41-20(27-14)29-21(35)39-24(4,5)6)18(33)28-15-13(26-17(15)32)11-31-9-10-37-22(31)36/h12-13,15H,9-11H2,1-8H3,(H,26,32)(H,28,33)(H,27,29,35)/b30-16-/t13-,15+/m1/s1. The Morgan fingerprint density at radius 1 is 1.12 bits per heavy atom. The zero-order chi connectivity index (χ0) is 30.8. The van der Waals surface area contributed by atoms with Crippen LogP contribution < -0.4 is 16.0 Å². The number of hydrogen-bond donors (Lipinski definition) is 3. The van der Waals surface area contributed by atoms with Crippen molar-refractivity contribution in [1.82, 2.24) is 20.5 Å². The van der Waals surface area contributed by atoms with Crippen molar-refractivity contribution in [2.45, 2.75) is 84.3 Å². The van der Waals surface area contributed by atoms with Crippen LogP contribution in [-0.4, -0.2) is 94.1 Å². The SMILES string of the molecule is CC(C)(C)OC(=O)Nc1nc(/C(=N/OC(C)(C)C(=O)OC(C)(C)C)C(=O)N[C@@H]2C(=O)N[C@@H]2CN2CCOC2=O)cs1. The van der Waals surface area contributed by atoms with Crippen molar-refractivity contribution < 1.29 is 43.0 Å². The van der Waals surface area contributed by atoms with Gasteiger partial charge in [0.25, 0.3) is 5.91 Å². The third-order valence-electron chi connectivity index (χ3n) is 5.39. The molecule has 3 N–H and O–H groups in total. The van der Waals surface area contributed by atoms with Gasteiger partial charge in [-0.05, 0) is 55.4 Å². The zero-order valence-electron chi connectivity index (χ0n) is 24.3. The van der Waals surface area contributed by atoms with Gasteiger partial charge in [-0.15, -0.1) is 11.3 Å². The van der Waals surface area contributed by atoms with E-state index >= 15 is 0 Å². The summed E-state index contributed by atoms with van der Waals surface area (Å²) in [5, 5.41) is 13.2. The molecule has 0 aromatic carbocycles. The molecule has 0 saturated carbocycles. The fourth-order valence-electron chi connectivity index (χ4n) is 3.43. The Hall–Kier alpha value is -3.95. The number of cyclic esters (lactones) is 1. The van der Waals surface area contributed by atoms with Crippen molar-refractivity contribution in [1.29, 1.82) is 0 Å². The zero-order valence-corrected chi connectivity index (χ0v) is 25.1. The van der Waals surface area contributed by atoms with Crippen molar-refractivity contribution in [2.24, 2.45) is 5.16 Å². The number of oxime groups is 1. The first kappa shape index (κ1) is 31.6. The second kappa shape index (κ2) is 11.9. The van der Waals surface area contributed by atoms with Crippen LogP contribution in [0.2, 0.25) is 0 Å².